The van der Waals surface area contributed by atoms with Gasteiger partial charge in [0.15, 0.2) is 0 Å². The Labute approximate surface area is 172 Å². The van der Waals surface area contributed by atoms with Gasteiger partial charge in [-0.1, -0.05) is 6.07 Å². The summed E-state index contributed by atoms with van der Waals surface area (Å²) in [5.41, 5.74) is 6.18. The highest BCUT2D eigenvalue weighted by Crippen LogP contribution is 2.23. The third-order valence-electron chi connectivity index (χ3n) is 5.26. The minimum absolute atomic E-state index is 0.276. The lowest BCUT2D eigenvalue weighted by molar-refractivity contribution is 0.162. The summed E-state index contributed by atoms with van der Waals surface area (Å²) in [5, 5.41) is 2.84. The molecule has 0 spiro atoms. The smallest absolute Gasteiger partial charge is 0.411 e. The highest BCUT2D eigenvalue weighted by atomic mass is 16.5. The molecule has 6 nitrogen and oxygen atoms in total. The number of aryl methyl sites for hydroxylation is 3. The lowest BCUT2D eigenvalue weighted by atomic mass is 10.1. The molecule has 0 aliphatic rings. The number of anilines is 2. The molecule has 0 atom stereocenters. The molecule has 29 heavy (non-hydrogen) atoms. The number of aromatic nitrogens is 2. The van der Waals surface area contributed by atoms with Gasteiger partial charge in [-0.25, -0.2) is 9.78 Å². The van der Waals surface area contributed by atoms with Crippen LogP contribution in [-0.2, 0) is 18.2 Å². The minimum Gasteiger partial charge on any atom is -0.449 e. The van der Waals surface area contributed by atoms with Crippen LogP contribution in [0.5, 0.6) is 0 Å². The van der Waals surface area contributed by atoms with E-state index in [0.29, 0.717) is 6.42 Å². The van der Waals surface area contributed by atoms with E-state index in [4.69, 9.17) is 4.74 Å². The van der Waals surface area contributed by atoms with Crippen molar-refractivity contribution in [2.75, 3.05) is 29.9 Å². The van der Waals surface area contributed by atoms with Crippen LogP contribution in [0.2, 0.25) is 0 Å². The molecule has 0 saturated carbocycles. The van der Waals surface area contributed by atoms with Crippen molar-refractivity contribution in [1.29, 1.82) is 0 Å². The molecule has 3 rings (SSSR count). The van der Waals surface area contributed by atoms with Crippen LogP contribution in [-0.4, -0.2) is 35.3 Å². The third kappa shape index (κ3) is 4.70. The van der Waals surface area contributed by atoms with Gasteiger partial charge in [-0.05, 0) is 69.2 Å². The van der Waals surface area contributed by atoms with Crippen molar-refractivity contribution < 1.29 is 9.53 Å². The van der Waals surface area contributed by atoms with Crippen molar-refractivity contribution in [2.24, 2.45) is 7.05 Å². The van der Waals surface area contributed by atoms with Crippen LogP contribution in [0.3, 0.4) is 0 Å². The van der Waals surface area contributed by atoms with E-state index < -0.39 is 6.09 Å². The number of nitrogens with one attached hydrogen (secondary N) is 1. The van der Waals surface area contributed by atoms with Crippen LogP contribution < -0.4 is 10.2 Å². The number of ether oxygens (including phenoxy) is 1. The Morgan fingerprint density at radius 3 is 2.59 bits per heavy atom. The van der Waals surface area contributed by atoms with Gasteiger partial charge in [0.1, 0.15) is 12.4 Å². The van der Waals surface area contributed by atoms with Gasteiger partial charge in [0.2, 0.25) is 0 Å². The zero-order valence-corrected chi connectivity index (χ0v) is 18.0. The summed E-state index contributed by atoms with van der Waals surface area (Å²) >= 11 is 0. The van der Waals surface area contributed by atoms with Crippen LogP contribution in [0.15, 0.2) is 36.4 Å². The molecule has 6 heteroatoms. The van der Waals surface area contributed by atoms with E-state index in [1.165, 1.54) is 5.56 Å². The largest absolute Gasteiger partial charge is 0.449 e. The Morgan fingerprint density at radius 1 is 1.14 bits per heavy atom. The number of hydrogen-bond donors (Lipinski definition) is 1. The Bertz CT molecular complexity index is 1010. The van der Waals surface area contributed by atoms with Crippen molar-refractivity contribution in [3.63, 3.8) is 0 Å². The zero-order valence-electron chi connectivity index (χ0n) is 18.0. The van der Waals surface area contributed by atoms with Gasteiger partial charge < -0.3 is 14.2 Å². The van der Waals surface area contributed by atoms with Crippen LogP contribution in [0.25, 0.3) is 11.0 Å². The molecule has 1 N–H and O–H groups in total. The van der Waals surface area contributed by atoms with E-state index in [9.17, 15) is 4.79 Å². The van der Waals surface area contributed by atoms with Gasteiger partial charge in [-0.2, -0.15) is 0 Å². The number of imidazole rings is 1. The van der Waals surface area contributed by atoms with Gasteiger partial charge >= 0.3 is 6.09 Å². The van der Waals surface area contributed by atoms with Crippen molar-refractivity contribution in [3.05, 3.63) is 53.3 Å². The normalized spacial score (nSPS) is 10.9. The summed E-state index contributed by atoms with van der Waals surface area (Å²) in [4.78, 5) is 19.1. The zero-order chi connectivity index (χ0) is 21.0. The average Bonchev–Trinajstić information content (AvgIpc) is 3.00. The maximum absolute atomic E-state index is 12.2. The number of fused-ring (bicyclic) bond motifs is 1. The second-order valence-corrected chi connectivity index (χ2v) is 7.26. The first-order chi connectivity index (χ1) is 13.9. The molecule has 3 aromatic rings. The fourth-order valence-corrected chi connectivity index (χ4v) is 3.53. The quantitative estimate of drug-likeness (QED) is 0.624. The van der Waals surface area contributed by atoms with Crippen LogP contribution >= 0.6 is 0 Å². The maximum atomic E-state index is 12.2. The second-order valence-electron chi connectivity index (χ2n) is 7.26. The Morgan fingerprint density at radius 2 is 1.90 bits per heavy atom. The lowest BCUT2D eigenvalue weighted by Gasteiger charge is -2.22. The highest BCUT2D eigenvalue weighted by Gasteiger charge is 2.11. The van der Waals surface area contributed by atoms with Gasteiger partial charge in [0.05, 0.1) is 11.0 Å². The number of nitrogens with zero attached hydrogens (tertiary/aromatic N) is 3. The number of carbonyl (C=O) groups excluding carboxylic acids is 1. The number of hydrogen-bond acceptors (Lipinski definition) is 4. The summed E-state index contributed by atoms with van der Waals surface area (Å²) < 4.78 is 7.44. The van der Waals surface area contributed by atoms with Gasteiger partial charge in [0.25, 0.3) is 0 Å². The van der Waals surface area contributed by atoms with Crippen molar-refractivity contribution in [2.45, 2.75) is 34.1 Å². The first-order valence-electron chi connectivity index (χ1n) is 10.1. The standard InChI is InChI=1S/C23H30N4O2/c1-6-27(7-2)18-9-11-19(17(4)15-18)25-23(28)29-13-12-22-24-20-10-8-16(3)14-21(20)26(22)5/h8-11,14-15H,6-7,12-13H2,1-5H3,(H,25,28). The van der Waals surface area contributed by atoms with E-state index in [1.54, 1.807) is 0 Å². The molecule has 0 saturated heterocycles. The van der Waals surface area contributed by atoms with E-state index >= 15 is 0 Å². The summed E-state index contributed by atoms with van der Waals surface area (Å²) in [7, 11) is 1.99. The van der Waals surface area contributed by atoms with Crippen molar-refractivity contribution in [3.8, 4) is 0 Å². The number of benzene rings is 2. The number of amides is 1. The molecular weight excluding hydrogens is 364 g/mol. The van der Waals surface area contributed by atoms with E-state index in [2.05, 4.69) is 58.7 Å². The van der Waals surface area contributed by atoms with Crippen LogP contribution in [0.1, 0.15) is 30.8 Å². The van der Waals surface area contributed by atoms with Crippen molar-refractivity contribution in [1.82, 2.24) is 9.55 Å². The fraction of sp³-hybridized carbons (Fsp3) is 0.391. The summed E-state index contributed by atoms with van der Waals surface area (Å²) in [5.74, 6) is 0.901. The minimum atomic E-state index is -0.446. The van der Waals surface area contributed by atoms with Crippen molar-refractivity contribution >= 4 is 28.5 Å². The molecule has 0 radical (unpaired) electrons. The predicted molar refractivity (Wildman–Crippen MR) is 119 cm³/mol. The lowest BCUT2D eigenvalue weighted by Crippen LogP contribution is -2.22. The summed E-state index contributed by atoms with van der Waals surface area (Å²) in [6.07, 6.45) is 0.121. The Kier molecular flexibility index (Phi) is 6.42. The second kappa shape index (κ2) is 8.99. The predicted octanol–water partition coefficient (Wildman–Crippen LogP) is 4.83. The first kappa shape index (κ1) is 20.7. The van der Waals surface area contributed by atoms with Gasteiger partial charge in [-0.15, -0.1) is 0 Å². The molecule has 0 aliphatic heterocycles. The molecule has 154 valence electrons. The monoisotopic (exact) mass is 394 g/mol. The highest BCUT2D eigenvalue weighted by molar-refractivity contribution is 5.86. The average molecular weight is 395 g/mol. The molecule has 0 bridgehead atoms. The molecule has 0 fully saturated rings. The maximum Gasteiger partial charge on any atom is 0.411 e. The first-order valence-corrected chi connectivity index (χ1v) is 10.1. The molecule has 2 aromatic carbocycles. The summed E-state index contributed by atoms with van der Waals surface area (Å²) in [6, 6.07) is 12.2. The fourth-order valence-electron chi connectivity index (χ4n) is 3.53. The number of rotatable bonds is 7. The molecule has 1 aromatic heterocycles. The molecule has 1 heterocycles. The topological polar surface area (TPSA) is 59.4 Å². The van der Waals surface area contributed by atoms with E-state index in [1.807, 2.05) is 32.2 Å². The van der Waals surface area contributed by atoms with Crippen LogP contribution in [0.4, 0.5) is 16.2 Å². The molecule has 0 aliphatic carbocycles. The Balaban J connectivity index is 1.57. The molecular formula is C23H30N4O2. The van der Waals surface area contributed by atoms with Crippen LogP contribution in [0, 0.1) is 13.8 Å². The SMILES string of the molecule is CCN(CC)c1ccc(NC(=O)OCCc2nc3ccc(C)cc3n2C)c(C)c1. The van der Waals surface area contributed by atoms with Gasteiger partial charge in [0, 0.05) is 37.9 Å². The van der Waals surface area contributed by atoms with E-state index in [0.717, 1.165) is 46.9 Å². The van der Waals surface area contributed by atoms with E-state index in [-0.39, 0.29) is 6.61 Å². The molecule has 1 amide bonds. The van der Waals surface area contributed by atoms with Gasteiger partial charge in [-0.3, -0.25) is 5.32 Å². The third-order valence-corrected chi connectivity index (χ3v) is 5.26. The number of carbonyl (C=O) groups is 1. The molecule has 0 unspecified atom stereocenters. The Hall–Kier alpha value is -3.02. The summed E-state index contributed by atoms with van der Waals surface area (Å²) in [6.45, 7) is 10.5.